The number of benzene rings is 1. The molecule has 0 atom stereocenters. The molecule has 0 fully saturated rings. The predicted octanol–water partition coefficient (Wildman–Crippen LogP) is 1.70. The molecule has 0 aliphatic rings. The third-order valence-electron chi connectivity index (χ3n) is 2.23. The van der Waals surface area contributed by atoms with Gasteiger partial charge in [0, 0.05) is 17.1 Å². The van der Waals surface area contributed by atoms with E-state index >= 15 is 0 Å². The minimum Gasteiger partial charge on any atom is -0.324 e. The first-order valence-electron chi connectivity index (χ1n) is 4.56. The SMILES string of the molecule is Cn1c(CN)nnc1-c1cccc(Br)c1. The summed E-state index contributed by atoms with van der Waals surface area (Å²) in [4.78, 5) is 0. The van der Waals surface area contributed by atoms with Gasteiger partial charge in [-0.1, -0.05) is 28.1 Å². The summed E-state index contributed by atoms with van der Waals surface area (Å²) in [7, 11) is 1.92. The quantitative estimate of drug-likeness (QED) is 0.901. The molecule has 1 aromatic carbocycles. The zero-order valence-electron chi connectivity index (χ0n) is 8.31. The maximum Gasteiger partial charge on any atom is 0.163 e. The fourth-order valence-corrected chi connectivity index (χ4v) is 1.82. The topological polar surface area (TPSA) is 56.7 Å². The van der Waals surface area contributed by atoms with Crippen molar-refractivity contribution in [1.82, 2.24) is 14.8 Å². The first-order valence-corrected chi connectivity index (χ1v) is 5.36. The summed E-state index contributed by atoms with van der Waals surface area (Å²) in [6.45, 7) is 0.400. The Morgan fingerprint density at radius 3 is 2.80 bits per heavy atom. The summed E-state index contributed by atoms with van der Waals surface area (Å²) in [5.74, 6) is 1.61. The third kappa shape index (κ3) is 1.93. The van der Waals surface area contributed by atoms with E-state index in [0.29, 0.717) is 6.54 Å². The van der Waals surface area contributed by atoms with Crippen molar-refractivity contribution in [2.24, 2.45) is 12.8 Å². The minimum absolute atomic E-state index is 0.400. The third-order valence-corrected chi connectivity index (χ3v) is 2.72. The molecule has 0 spiro atoms. The summed E-state index contributed by atoms with van der Waals surface area (Å²) in [6, 6.07) is 7.94. The van der Waals surface area contributed by atoms with Gasteiger partial charge >= 0.3 is 0 Å². The zero-order chi connectivity index (χ0) is 10.8. The van der Waals surface area contributed by atoms with Crippen LogP contribution >= 0.6 is 15.9 Å². The molecule has 0 saturated heterocycles. The Bertz CT molecular complexity index is 478. The van der Waals surface area contributed by atoms with E-state index in [1.165, 1.54) is 0 Å². The maximum atomic E-state index is 5.54. The number of rotatable bonds is 2. The van der Waals surface area contributed by atoms with Crippen LogP contribution < -0.4 is 5.73 Å². The monoisotopic (exact) mass is 266 g/mol. The molecular weight excluding hydrogens is 256 g/mol. The van der Waals surface area contributed by atoms with Crippen molar-refractivity contribution in [1.29, 1.82) is 0 Å². The normalized spacial score (nSPS) is 10.6. The van der Waals surface area contributed by atoms with Crippen LogP contribution in [0.25, 0.3) is 11.4 Å². The van der Waals surface area contributed by atoms with Crippen LogP contribution in [0.15, 0.2) is 28.7 Å². The largest absolute Gasteiger partial charge is 0.324 e. The van der Waals surface area contributed by atoms with Gasteiger partial charge in [-0.2, -0.15) is 0 Å². The fraction of sp³-hybridized carbons (Fsp3) is 0.200. The van der Waals surface area contributed by atoms with Crippen LogP contribution in [0, 0.1) is 0 Å². The van der Waals surface area contributed by atoms with E-state index < -0.39 is 0 Å². The molecule has 0 bridgehead atoms. The number of nitrogens with zero attached hydrogens (tertiary/aromatic N) is 3. The van der Waals surface area contributed by atoms with E-state index in [0.717, 1.165) is 21.7 Å². The molecule has 4 nitrogen and oxygen atoms in total. The highest BCUT2D eigenvalue weighted by Gasteiger charge is 2.08. The molecule has 2 aromatic rings. The van der Waals surface area contributed by atoms with Crippen molar-refractivity contribution in [2.45, 2.75) is 6.54 Å². The second-order valence-electron chi connectivity index (χ2n) is 3.21. The Morgan fingerprint density at radius 1 is 1.40 bits per heavy atom. The maximum absolute atomic E-state index is 5.54. The van der Waals surface area contributed by atoms with Crippen molar-refractivity contribution in [3.63, 3.8) is 0 Å². The van der Waals surface area contributed by atoms with Gasteiger partial charge in [-0.05, 0) is 12.1 Å². The van der Waals surface area contributed by atoms with Gasteiger partial charge in [-0.15, -0.1) is 10.2 Å². The van der Waals surface area contributed by atoms with Crippen molar-refractivity contribution < 1.29 is 0 Å². The number of nitrogens with two attached hydrogens (primary N) is 1. The predicted molar refractivity (Wildman–Crippen MR) is 62.0 cm³/mol. The molecular formula is C10H11BrN4. The van der Waals surface area contributed by atoms with Crippen molar-refractivity contribution >= 4 is 15.9 Å². The van der Waals surface area contributed by atoms with Gasteiger partial charge in [0.15, 0.2) is 5.82 Å². The van der Waals surface area contributed by atoms with Crippen LogP contribution in [-0.2, 0) is 13.6 Å². The average Bonchev–Trinajstić information content (AvgIpc) is 2.59. The second kappa shape index (κ2) is 4.12. The van der Waals surface area contributed by atoms with Crippen LogP contribution in [0.4, 0.5) is 0 Å². The smallest absolute Gasteiger partial charge is 0.163 e. The molecule has 0 radical (unpaired) electrons. The molecule has 1 heterocycles. The standard InChI is InChI=1S/C10H11BrN4/c1-15-9(6-12)13-14-10(15)7-3-2-4-8(11)5-7/h2-5H,6,12H2,1H3. The van der Waals surface area contributed by atoms with Crippen molar-refractivity contribution in [3.05, 3.63) is 34.6 Å². The van der Waals surface area contributed by atoms with Gasteiger partial charge in [-0.25, -0.2) is 0 Å². The molecule has 2 rings (SSSR count). The van der Waals surface area contributed by atoms with Crippen molar-refractivity contribution in [2.75, 3.05) is 0 Å². The van der Waals surface area contributed by atoms with E-state index in [9.17, 15) is 0 Å². The molecule has 0 amide bonds. The first-order chi connectivity index (χ1) is 7.22. The van der Waals surface area contributed by atoms with Gasteiger partial charge in [0.2, 0.25) is 0 Å². The Kier molecular flexibility index (Phi) is 2.83. The van der Waals surface area contributed by atoms with E-state index in [1.807, 2.05) is 35.9 Å². The summed E-state index contributed by atoms with van der Waals surface area (Å²) >= 11 is 3.43. The van der Waals surface area contributed by atoms with Gasteiger partial charge < -0.3 is 10.3 Å². The van der Waals surface area contributed by atoms with Crippen LogP contribution in [-0.4, -0.2) is 14.8 Å². The number of aromatic nitrogens is 3. The van der Waals surface area contributed by atoms with Crippen LogP contribution in [0.1, 0.15) is 5.82 Å². The summed E-state index contributed by atoms with van der Waals surface area (Å²) < 4.78 is 2.93. The van der Waals surface area contributed by atoms with Gasteiger partial charge in [0.25, 0.3) is 0 Å². The van der Waals surface area contributed by atoms with Gasteiger partial charge in [-0.3, -0.25) is 0 Å². The van der Waals surface area contributed by atoms with Crippen LogP contribution in [0.2, 0.25) is 0 Å². The highest BCUT2D eigenvalue weighted by Crippen LogP contribution is 2.21. The summed E-state index contributed by atoms with van der Waals surface area (Å²) in [6.07, 6.45) is 0. The number of halogens is 1. The van der Waals surface area contributed by atoms with E-state index in [1.54, 1.807) is 0 Å². The molecule has 0 aliphatic heterocycles. The lowest BCUT2D eigenvalue weighted by Crippen LogP contribution is -2.05. The molecule has 0 unspecified atom stereocenters. The molecule has 2 N–H and O–H groups in total. The summed E-state index contributed by atoms with van der Waals surface area (Å²) in [5, 5.41) is 8.12. The molecule has 1 aromatic heterocycles. The summed E-state index contributed by atoms with van der Waals surface area (Å²) in [5.41, 5.74) is 6.57. The highest BCUT2D eigenvalue weighted by atomic mass is 79.9. The lowest BCUT2D eigenvalue weighted by Gasteiger charge is -2.02. The van der Waals surface area contributed by atoms with Crippen LogP contribution in [0.3, 0.4) is 0 Å². The van der Waals surface area contributed by atoms with Gasteiger partial charge in [0.05, 0.1) is 6.54 Å². The molecule has 78 valence electrons. The lowest BCUT2D eigenvalue weighted by atomic mass is 10.2. The highest BCUT2D eigenvalue weighted by molar-refractivity contribution is 9.10. The minimum atomic E-state index is 0.400. The fourth-order valence-electron chi connectivity index (χ4n) is 1.42. The Morgan fingerprint density at radius 2 is 2.20 bits per heavy atom. The first kappa shape index (κ1) is 10.3. The van der Waals surface area contributed by atoms with Gasteiger partial charge in [0.1, 0.15) is 5.82 Å². The van der Waals surface area contributed by atoms with Crippen molar-refractivity contribution in [3.8, 4) is 11.4 Å². The lowest BCUT2D eigenvalue weighted by molar-refractivity contribution is 0.797. The van der Waals surface area contributed by atoms with E-state index in [4.69, 9.17) is 5.73 Å². The van der Waals surface area contributed by atoms with E-state index in [2.05, 4.69) is 26.1 Å². The van der Waals surface area contributed by atoms with E-state index in [-0.39, 0.29) is 0 Å². The number of hydrogen-bond donors (Lipinski definition) is 1. The zero-order valence-corrected chi connectivity index (χ0v) is 9.90. The van der Waals surface area contributed by atoms with Crippen LogP contribution in [0.5, 0.6) is 0 Å². The number of hydrogen-bond acceptors (Lipinski definition) is 3. The molecule has 15 heavy (non-hydrogen) atoms. The second-order valence-corrected chi connectivity index (χ2v) is 4.13. The Labute approximate surface area is 96.3 Å². The molecule has 5 heteroatoms. The molecule has 0 aliphatic carbocycles. The average molecular weight is 267 g/mol. The Balaban J connectivity index is 2.49. The molecule has 0 saturated carbocycles. The Hall–Kier alpha value is -1.20.